The highest BCUT2D eigenvalue weighted by molar-refractivity contribution is 14.1. The maximum atomic E-state index is 6.73. The van der Waals surface area contributed by atoms with Crippen LogP contribution in [0.1, 0.15) is 0 Å². The first-order chi connectivity index (χ1) is 16.5. The summed E-state index contributed by atoms with van der Waals surface area (Å²) >= 11 is 2.27. The Hall–Kier alpha value is -2.95. The van der Waals surface area contributed by atoms with Gasteiger partial charge in [0.25, 0.3) is 0 Å². The van der Waals surface area contributed by atoms with E-state index in [1.165, 1.54) is 0 Å². The summed E-state index contributed by atoms with van der Waals surface area (Å²) in [5.41, 5.74) is 23.2. The molecule has 2 heterocycles. The number of epoxide rings is 2. The normalized spacial score (nSPS) is 18.9. The van der Waals surface area contributed by atoms with E-state index in [9.17, 15) is 0 Å². The van der Waals surface area contributed by atoms with Crippen LogP contribution in [0.3, 0.4) is 0 Å². The summed E-state index contributed by atoms with van der Waals surface area (Å²) in [6.45, 7) is 2.34. The van der Waals surface area contributed by atoms with Gasteiger partial charge in [0.15, 0.2) is 11.5 Å². The molecule has 4 aromatic carbocycles. The van der Waals surface area contributed by atoms with Gasteiger partial charge in [-0.1, -0.05) is 36.4 Å². The molecule has 2 aliphatic rings. The highest BCUT2D eigenvalue weighted by atomic mass is 127. The molecule has 0 aromatic heterocycles. The van der Waals surface area contributed by atoms with Crippen LogP contribution >= 0.6 is 22.6 Å². The molecule has 8 heteroatoms. The molecule has 2 fully saturated rings. The van der Waals surface area contributed by atoms with Gasteiger partial charge in [-0.05, 0) is 56.6 Å². The third-order valence-electron chi connectivity index (χ3n) is 6.22. The average Bonchev–Trinajstić information content (AvgIpc) is 3.73. The van der Waals surface area contributed by atoms with Gasteiger partial charge < -0.3 is 36.1 Å². The molecule has 0 radical (unpaired) electrons. The molecule has 4 aromatic rings. The Kier molecular flexibility index (Phi) is 5.31. The Labute approximate surface area is 210 Å². The summed E-state index contributed by atoms with van der Waals surface area (Å²) in [6.07, 6.45) is 0.244. The van der Waals surface area contributed by atoms with Crippen LogP contribution in [0.15, 0.2) is 48.5 Å². The topological polar surface area (TPSA) is 122 Å². The molecule has 2 saturated heterocycles. The molecule has 34 heavy (non-hydrogen) atoms. The molecule has 2 unspecified atom stereocenters. The van der Waals surface area contributed by atoms with E-state index >= 15 is 0 Å². The van der Waals surface area contributed by atoms with Crippen molar-refractivity contribution < 1.29 is 18.9 Å². The summed E-state index contributed by atoms with van der Waals surface area (Å²) in [5.74, 6) is 1.17. The van der Waals surface area contributed by atoms with Crippen molar-refractivity contribution >= 4 is 61.2 Å². The lowest BCUT2D eigenvalue weighted by molar-refractivity contribution is 0.263. The lowest BCUT2D eigenvalue weighted by Gasteiger charge is -2.19. The van der Waals surface area contributed by atoms with Crippen molar-refractivity contribution in [1.82, 2.24) is 0 Å². The van der Waals surface area contributed by atoms with Crippen LogP contribution in [0, 0.1) is 3.57 Å². The van der Waals surface area contributed by atoms with Crippen molar-refractivity contribution in [1.29, 1.82) is 0 Å². The number of hydrogen-bond acceptors (Lipinski definition) is 7. The van der Waals surface area contributed by atoms with E-state index in [0.717, 1.165) is 42.8 Å². The molecule has 0 saturated carbocycles. The summed E-state index contributed by atoms with van der Waals surface area (Å²) in [7, 11) is 0. The molecule has 6 N–H and O–H groups in total. The van der Waals surface area contributed by atoms with Crippen molar-refractivity contribution in [3.8, 4) is 22.6 Å². The monoisotopic (exact) mass is 569 g/mol. The van der Waals surface area contributed by atoms with Crippen LogP contribution in [0.2, 0.25) is 0 Å². The van der Waals surface area contributed by atoms with Crippen LogP contribution in [0.4, 0.5) is 17.1 Å². The Bertz CT molecular complexity index is 1320. The molecular weight excluding hydrogens is 545 g/mol. The first-order valence-corrected chi connectivity index (χ1v) is 12.2. The fraction of sp³-hybridized carbons (Fsp3) is 0.231. The van der Waals surface area contributed by atoms with Crippen LogP contribution in [0.25, 0.3) is 32.7 Å². The lowest BCUT2D eigenvalue weighted by Crippen LogP contribution is -2.08. The second kappa shape index (κ2) is 8.37. The number of hydrogen-bond donors (Lipinski definition) is 3. The molecule has 174 valence electrons. The SMILES string of the molecule is Nc1cc2cccc(-c3cccc4cc(I)c(OCC5CO5)c(N)c34)c2c(N)c1OCC1CO1. The molecule has 7 nitrogen and oxygen atoms in total. The van der Waals surface area contributed by atoms with E-state index in [2.05, 4.69) is 40.8 Å². The van der Waals surface area contributed by atoms with Gasteiger partial charge >= 0.3 is 0 Å². The Balaban J connectivity index is 1.54. The quantitative estimate of drug-likeness (QED) is 0.169. The third-order valence-corrected chi connectivity index (χ3v) is 7.02. The van der Waals surface area contributed by atoms with E-state index in [1.807, 2.05) is 30.3 Å². The van der Waals surface area contributed by atoms with Crippen molar-refractivity contribution in [2.45, 2.75) is 12.2 Å². The molecule has 2 aliphatic heterocycles. The predicted molar refractivity (Wildman–Crippen MR) is 143 cm³/mol. The minimum Gasteiger partial charge on any atom is -0.487 e. The van der Waals surface area contributed by atoms with Gasteiger partial charge in [0.2, 0.25) is 0 Å². The molecule has 0 aliphatic carbocycles. The minimum atomic E-state index is 0.101. The number of fused-ring (bicyclic) bond motifs is 2. The van der Waals surface area contributed by atoms with Gasteiger partial charge in [-0.3, -0.25) is 0 Å². The standard InChI is InChI=1S/C26H24IN3O4/c27-19-7-13-3-1-5-17(21(13)23(29)25(19)33-11-15-9-31-15)18-6-2-4-14-8-20(28)26(24(30)22(14)18)34-12-16-10-32-16/h1-8,15-16H,9-12,28-30H2. The summed E-state index contributed by atoms with van der Waals surface area (Å²) in [5, 5.41) is 3.77. The number of anilines is 3. The molecule has 0 spiro atoms. The number of halogens is 1. The zero-order chi connectivity index (χ0) is 23.4. The number of nitrogens with two attached hydrogens (primary N) is 3. The highest BCUT2D eigenvalue weighted by Gasteiger charge is 2.26. The fourth-order valence-electron chi connectivity index (χ4n) is 4.37. The molecule has 6 rings (SSSR count). The number of benzene rings is 4. The Morgan fingerprint density at radius 3 is 1.82 bits per heavy atom. The second-order valence-corrected chi connectivity index (χ2v) is 9.81. The summed E-state index contributed by atoms with van der Waals surface area (Å²) in [4.78, 5) is 0. The van der Waals surface area contributed by atoms with Gasteiger partial charge in [0, 0.05) is 10.8 Å². The Morgan fingerprint density at radius 2 is 1.26 bits per heavy atom. The van der Waals surface area contributed by atoms with Gasteiger partial charge in [0.1, 0.15) is 25.4 Å². The van der Waals surface area contributed by atoms with Crippen molar-refractivity contribution in [2.24, 2.45) is 0 Å². The first kappa shape index (κ1) is 21.6. The molecule has 0 amide bonds. The average molecular weight is 569 g/mol. The number of nitrogen functional groups attached to an aromatic ring is 3. The zero-order valence-electron chi connectivity index (χ0n) is 18.3. The van der Waals surface area contributed by atoms with Crippen LogP contribution in [-0.4, -0.2) is 38.6 Å². The summed E-state index contributed by atoms with van der Waals surface area (Å²) in [6, 6.07) is 16.2. The molecule has 2 atom stereocenters. The Morgan fingerprint density at radius 1 is 0.765 bits per heavy atom. The maximum Gasteiger partial charge on any atom is 0.165 e. The van der Waals surface area contributed by atoms with Gasteiger partial charge in [-0.25, -0.2) is 0 Å². The number of rotatable bonds is 7. The predicted octanol–water partition coefficient (Wildman–Crippen LogP) is 4.57. The smallest absolute Gasteiger partial charge is 0.165 e. The largest absolute Gasteiger partial charge is 0.487 e. The zero-order valence-corrected chi connectivity index (χ0v) is 20.5. The van der Waals surface area contributed by atoms with Crippen LogP contribution in [-0.2, 0) is 9.47 Å². The minimum absolute atomic E-state index is 0.101. The van der Waals surface area contributed by atoms with E-state index in [-0.39, 0.29) is 12.2 Å². The van der Waals surface area contributed by atoms with E-state index < -0.39 is 0 Å². The van der Waals surface area contributed by atoms with E-state index in [0.29, 0.717) is 48.4 Å². The summed E-state index contributed by atoms with van der Waals surface area (Å²) < 4.78 is 23.6. The van der Waals surface area contributed by atoms with E-state index in [1.54, 1.807) is 0 Å². The van der Waals surface area contributed by atoms with Gasteiger partial charge in [-0.2, -0.15) is 0 Å². The maximum absolute atomic E-state index is 6.73. The van der Waals surface area contributed by atoms with Gasteiger partial charge in [-0.15, -0.1) is 0 Å². The van der Waals surface area contributed by atoms with Crippen LogP contribution < -0.4 is 26.7 Å². The second-order valence-electron chi connectivity index (χ2n) is 8.65. The third kappa shape index (κ3) is 3.85. The van der Waals surface area contributed by atoms with Crippen LogP contribution in [0.5, 0.6) is 11.5 Å². The highest BCUT2D eigenvalue weighted by Crippen LogP contribution is 2.46. The molecular formula is C26H24IN3O4. The van der Waals surface area contributed by atoms with Gasteiger partial charge in [0.05, 0.1) is 33.8 Å². The molecule has 0 bridgehead atoms. The van der Waals surface area contributed by atoms with Crippen molar-refractivity contribution in [3.05, 3.63) is 52.1 Å². The number of ether oxygens (including phenoxy) is 4. The van der Waals surface area contributed by atoms with Crippen molar-refractivity contribution in [2.75, 3.05) is 43.6 Å². The van der Waals surface area contributed by atoms with Crippen molar-refractivity contribution in [3.63, 3.8) is 0 Å². The van der Waals surface area contributed by atoms with E-state index in [4.69, 9.17) is 36.1 Å². The first-order valence-electron chi connectivity index (χ1n) is 11.1. The lowest BCUT2D eigenvalue weighted by atomic mass is 9.92. The fourth-order valence-corrected chi connectivity index (χ4v) is 5.15.